The lowest BCUT2D eigenvalue weighted by atomic mass is 10.1. The number of rotatable bonds is 6. The quantitative estimate of drug-likeness (QED) is 0.800. The highest BCUT2D eigenvalue weighted by Crippen LogP contribution is 2.34. The fraction of sp³-hybridized carbons (Fsp3) is 0.571. The molecule has 19 heavy (non-hydrogen) atoms. The van der Waals surface area contributed by atoms with Crippen LogP contribution < -0.4 is 10.6 Å². The number of unbranched alkanes of at least 4 members (excludes halogenated alkanes) is 2. The summed E-state index contributed by atoms with van der Waals surface area (Å²) in [6.45, 7) is 2.75. The molecule has 0 aliphatic carbocycles. The van der Waals surface area contributed by atoms with E-state index in [2.05, 4.69) is 6.92 Å². The SMILES string of the molecule is CCCCCN(C)c1ccc(CN)c(C(F)(F)F)c1. The Morgan fingerprint density at radius 2 is 1.89 bits per heavy atom. The summed E-state index contributed by atoms with van der Waals surface area (Å²) in [6, 6.07) is 4.35. The topological polar surface area (TPSA) is 29.3 Å². The lowest BCUT2D eigenvalue weighted by Crippen LogP contribution is -2.20. The molecule has 1 aromatic rings. The average molecular weight is 274 g/mol. The van der Waals surface area contributed by atoms with Crippen LogP contribution in [-0.4, -0.2) is 13.6 Å². The van der Waals surface area contributed by atoms with Gasteiger partial charge >= 0.3 is 6.18 Å². The predicted molar refractivity (Wildman–Crippen MR) is 72.1 cm³/mol. The number of alkyl halides is 3. The Labute approximate surface area is 112 Å². The van der Waals surface area contributed by atoms with Crippen LogP contribution in [0.15, 0.2) is 18.2 Å². The summed E-state index contributed by atoms with van der Waals surface area (Å²) < 4.78 is 38.7. The third-order valence-corrected chi connectivity index (χ3v) is 3.16. The van der Waals surface area contributed by atoms with Gasteiger partial charge in [-0.25, -0.2) is 0 Å². The van der Waals surface area contributed by atoms with E-state index in [0.717, 1.165) is 25.8 Å². The average Bonchev–Trinajstić information content (AvgIpc) is 2.37. The molecule has 0 bridgehead atoms. The Morgan fingerprint density at radius 3 is 2.42 bits per heavy atom. The second kappa shape index (κ2) is 6.80. The third kappa shape index (κ3) is 4.42. The van der Waals surface area contributed by atoms with Gasteiger partial charge in [0.05, 0.1) is 5.56 Å². The van der Waals surface area contributed by atoms with Crippen LogP contribution in [0.1, 0.15) is 37.3 Å². The molecule has 1 rings (SSSR count). The van der Waals surface area contributed by atoms with Crippen molar-refractivity contribution in [1.82, 2.24) is 0 Å². The molecule has 0 heterocycles. The van der Waals surface area contributed by atoms with Crippen molar-refractivity contribution >= 4 is 5.69 Å². The molecular formula is C14H21F3N2. The maximum atomic E-state index is 12.9. The minimum Gasteiger partial charge on any atom is -0.375 e. The Kier molecular flexibility index (Phi) is 5.66. The molecule has 0 aliphatic rings. The lowest BCUT2D eigenvalue weighted by Gasteiger charge is -2.21. The molecule has 108 valence electrons. The standard InChI is InChI=1S/C14H21F3N2/c1-3-4-5-8-19(2)12-7-6-11(10-18)13(9-12)14(15,16)17/h6-7,9H,3-5,8,10,18H2,1-2H3. The van der Waals surface area contributed by atoms with E-state index in [-0.39, 0.29) is 12.1 Å². The smallest absolute Gasteiger partial charge is 0.375 e. The summed E-state index contributed by atoms with van der Waals surface area (Å²) in [7, 11) is 1.81. The summed E-state index contributed by atoms with van der Waals surface area (Å²) in [5.74, 6) is 0. The highest BCUT2D eigenvalue weighted by Gasteiger charge is 2.33. The van der Waals surface area contributed by atoms with Crippen LogP contribution in [0.3, 0.4) is 0 Å². The van der Waals surface area contributed by atoms with Crippen LogP contribution in [0.25, 0.3) is 0 Å². The second-order valence-corrected chi connectivity index (χ2v) is 4.67. The Morgan fingerprint density at radius 1 is 1.21 bits per heavy atom. The van der Waals surface area contributed by atoms with Gasteiger partial charge in [0.2, 0.25) is 0 Å². The number of benzene rings is 1. The van der Waals surface area contributed by atoms with E-state index in [1.165, 1.54) is 12.1 Å². The van der Waals surface area contributed by atoms with Crippen molar-refractivity contribution in [3.8, 4) is 0 Å². The number of nitrogens with two attached hydrogens (primary N) is 1. The number of anilines is 1. The van der Waals surface area contributed by atoms with E-state index in [0.29, 0.717) is 5.69 Å². The van der Waals surface area contributed by atoms with Gasteiger partial charge in [0.1, 0.15) is 0 Å². The van der Waals surface area contributed by atoms with Gasteiger partial charge < -0.3 is 10.6 Å². The van der Waals surface area contributed by atoms with Crippen LogP contribution in [0.5, 0.6) is 0 Å². The summed E-state index contributed by atoms with van der Waals surface area (Å²) in [6.07, 6.45) is -1.20. The number of halogens is 3. The number of hydrogen-bond acceptors (Lipinski definition) is 2. The first-order valence-corrected chi connectivity index (χ1v) is 6.51. The lowest BCUT2D eigenvalue weighted by molar-refractivity contribution is -0.138. The van der Waals surface area contributed by atoms with Crippen LogP contribution in [-0.2, 0) is 12.7 Å². The number of hydrogen-bond donors (Lipinski definition) is 1. The van der Waals surface area contributed by atoms with Crippen molar-refractivity contribution in [3.05, 3.63) is 29.3 Å². The largest absolute Gasteiger partial charge is 0.416 e. The van der Waals surface area contributed by atoms with Crippen LogP contribution in [0.4, 0.5) is 18.9 Å². The Bertz CT molecular complexity index is 402. The van der Waals surface area contributed by atoms with Crippen molar-refractivity contribution in [2.75, 3.05) is 18.5 Å². The first kappa shape index (κ1) is 15.8. The van der Waals surface area contributed by atoms with Gasteiger partial charge in [0.25, 0.3) is 0 Å². The van der Waals surface area contributed by atoms with Gasteiger partial charge in [-0.1, -0.05) is 25.8 Å². The van der Waals surface area contributed by atoms with E-state index < -0.39 is 11.7 Å². The van der Waals surface area contributed by atoms with E-state index in [4.69, 9.17) is 5.73 Å². The monoisotopic (exact) mass is 274 g/mol. The third-order valence-electron chi connectivity index (χ3n) is 3.16. The molecule has 0 spiro atoms. The zero-order chi connectivity index (χ0) is 14.5. The van der Waals surface area contributed by atoms with Crippen LogP contribution in [0, 0.1) is 0 Å². The molecule has 0 saturated carbocycles. The van der Waals surface area contributed by atoms with Crippen molar-refractivity contribution in [1.29, 1.82) is 0 Å². The van der Waals surface area contributed by atoms with E-state index in [1.54, 1.807) is 6.07 Å². The molecular weight excluding hydrogens is 253 g/mol. The van der Waals surface area contributed by atoms with Crippen molar-refractivity contribution in [2.45, 2.75) is 38.9 Å². The molecule has 0 aromatic heterocycles. The van der Waals surface area contributed by atoms with Gasteiger partial charge in [-0.05, 0) is 24.1 Å². The van der Waals surface area contributed by atoms with Gasteiger partial charge in [0, 0.05) is 25.8 Å². The van der Waals surface area contributed by atoms with Crippen molar-refractivity contribution in [2.24, 2.45) is 5.73 Å². The zero-order valence-electron chi connectivity index (χ0n) is 11.4. The molecule has 0 radical (unpaired) electrons. The van der Waals surface area contributed by atoms with Gasteiger partial charge in [0.15, 0.2) is 0 Å². The molecule has 2 nitrogen and oxygen atoms in total. The maximum Gasteiger partial charge on any atom is 0.416 e. The summed E-state index contributed by atoms with van der Waals surface area (Å²) in [5.41, 5.74) is 5.45. The fourth-order valence-electron chi connectivity index (χ4n) is 1.97. The first-order valence-electron chi connectivity index (χ1n) is 6.51. The van der Waals surface area contributed by atoms with E-state index >= 15 is 0 Å². The number of nitrogens with zero attached hydrogens (tertiary/aromatic N) is 1. The van der Waals surface area contributed by atoms with E-state index in [1.807, 2.05) is 11.9 Å². The normalized spacial score (nSPS) is 11.7. The Hall–Kier alpha value is -1.23. The maximum absolute atomic E-state index is 12.9. The first-order chi connectivity index (χ1) is 8.90. The summed E-state index contributed by atoms with van der Waals surface area (Å²) in [4.78, 5) is 1.85. The van der Waals surface area contributed by atoms with Gasteiger partial charge in [-0.15, -0.1) is 0 Å². The van der Waals surface area contributed by atoms with Gasteiger partial charge in [-0.2, -0.15) is 13.2 Å². The molecule has 0 unspecified atom stereocenters. The zero-order valence-corrected chi connectivity index (χ0v) is 11.4. The molecule has 1 aromatic carbocycles. The van der Waals surface area contributed by atoms with Crippen LogP contribution in [0.2, 0.25) is 0 Å². The molecule has 0 atom stereocenters. The highest BCUT2D eigenvalue weighted by atomic mass is 19.4. The van der Waals surface area contributed by atoms with Gasteiger partial charge in [-0.3, -0.25) is 0 Å². The molecule has 0 aliphatic heterocycles. The fourth-order valence-corrected chi connectivity index (χ4v) is 1.97. The summed E-state index contributed by atoms with van der Waals surface area (Å²) in [5, 5.41) is 0. The highest BCUT2D eigenvalue weighted by molar-refractivity contribution is 5.51. The minimum atomic E-state index is -4.35. The molecule has 0 saturated heterocycles. The molecule has 0 amide bonds. The van der Waals surface area contributed by atoms with Crippen LogP contribution >= 0.6 is 0 Å². The second-order valence-electron chi connectivity index (χ2n) is 4.67. The molecule has 5 heteroatoms. The Balaban J connectivity index is 2.91. The minimum absolute atomic E-state index is 0.103. The van der Waals surface area contributed by atoms with E-state index in [9.17, 15) is 13.2 Å². The van der Waals surface area contributed by atoms with Crippen molar-refractivity contribution < 1.29 is 13.2 Å². The predicted octanol–water partition coefficient (Wildman–Crippen LogP) is 3.79. The van der Waals surface area contributed by atoms with Crippen molar-refractivity contribution in [3.63, 3.8) is 0 Å². The molecule has 2 N–H and O–H groups in total. The summed E-state index contributed by atoms with van der Waals surface area (Å²) >= 11 is 0. The molecule has 0 fully saturated rings.